The van der Waals surface area contributed by atoms with Crippen LogP contribution in [0.15, 0.2) is 67.4 Å². The van der Waals surface area contributed by atoms with E-state index in [2.05, 4.69) is 25.3 Å². The van der Waals surface area contributed by atoms with E-state index >= 15 is 0 Å². The van der Waals surface area contributed by atoms with Gasteiger partial charge in [0.15, 0.2) is 0 Å². The number of amides is 1. The monoisotopic (exact) mass is 462 g/mol. The number of aromatic nitrogens is 5. The summed E-state index contributed by atoms with van der Waals surface area (Å²) < 4.78 is 1.75. The van der Waals surface area contributed by atoms with E-state index in [1.807, 2.05) is 24.3 Å². The Hall–Kier alpha value is -3.55. The average Bonchev–Trinajstić information content (AvgIpc) is 3.19. The first-order valence-electron chi connectivity index (χ1n) is 9.80. The van der Waals surface area contributed by atoms with Gasteiger partial charge < -0.3 is 5.32 Å². The summed E-state index contributed by atoms with van der Waals surface area (Å²) in [4.78, 5) is 29.8. The van der Waals surface area contributed by atoms with Gasteiger partial charge in [-0.25, -0.2) is 9.97 Å². The highest BCUT2D eigenvalue weighted by Gasteiger charge is 2.10. The van der Waals surface area contributed by atoms with Crippen LogP contribution in [-0.2, 0) is 13.0 Å². The lowest BCUT2D eigenvalue weighted by molar-refractivity contribution is 0.0950. The molecule has 0 aliphatic carbocycles. The fourth-order valence-corrected chi connectivity index (χ4v) is 3.80. The molecule has 4 heterocycles. The Balaban J connectivity index is 1.31. The zero-order valence-corrected chi connectivity index (χ0v) is 18.2. The van der Waals surface area contributed by atoms with Crippen molar-refractivity contribution in [2.75, 3.05) is 0 Å². The first kappa shape index (κ1) is 20.4. The number of nitrogens with one attached hydrogen (secondary N) is 1. The molecular formula is C23H16Cl2N6O. The Morgan fingerprint density at radius 3 is 2.69 bits per heavy atom. The van der Waals surface area contributed by atoms with Gasteiger partial charge in [0, 0.05) is 41.7 Å². The second kappa shape index (κ2) is 8.53. The van der Waals surface area contributed by atoms with Gasteiger partial charge >= 0.3 is 0 Å². The van der Waals surface area contributed by atoms with Gasteiger partial charge in [0.2, 0.25) is 5.78 Å². The lowest BCUT2D eigenvalue weighted by Crippen LogP contribution is -2.23. The molecule has 1 aromatic carbocycles. The van der Waals surface area contributed by atoms with Crippen LogP contribution in [0.4, 0.5) is 0 Å². The smallest absolute Gasteiger partial charge is 0.251 e. The van der Waals surface area contributed by atoms with Gasteiger partial charge in [-0.3, -0.25) is 19.2 Å². The molecule has 32 heavy (non-hydrogen) atoms. The molecule has 9 heteroatoms. The van der Waals surface area contributed by atoms with Crippen molar-refractivity contribution >= 4 is 45.8 Å². The van der Waals surface area contributed by atoms with Crippen molar-refractivity contribution < 1.29 is 4.79 Å². The van der Waals surface area contributed by atoms with Crippen molar-refractivity contribution in [2.45, 2.75) is 13.0 Å². The number of imidazole rings is 1. The molecule has 0 radical (unpaired) electrons. The van der Waals surface area contributed by atoms with Crippen molar-refractivity contribution in [2.24, 2.45) is 0 Å². The summed E-state index contributed by atoms with van der Waals surface area (Å²) in [5.74, 6) is 0.324. The van der Waals surface area contributed by atoms with Crippen LogP contribution < -0.4 is 5.32 Å². The summed E-state index contributed by atoms with van der Waals surface area (Å²) in [7, 11) is 0. The normalized spacial score (nSPS) is 11.2. The zero-order valence-electron chi connectivity index (χ0n) is 16.7. The number of carbonyl (C=O) groups excluding carboxylic acids is 1. The van der Waals surface area contributed by atoms with E-state index in [0.717, 1.165) is 27.9 Å². The van der Waals surface area contributed by atoms with E-state index in [1.54, 1.807) is 41.3 Å². The van der Waals surface area contributed by atoms with Gasteiger partial charge in [0.1, 0.15) is 0 Å². The maximum Gasteiger partial charge on any atom is 0.251 e. The summed E-state index contributed by atoms with van der Waals surface area (Å²) >= 11 is 12.1. The van der Waals surface area contributed by atoms with E-state index in [4.69, 9.17) is 23.2 Å². The Morgan fingerprint density at radius 2 is 1.78 bits per heavy atom. The van der Waals surface area contributed by atoms with Crippen LogP contribution in [0, 0.1) is 0 Å². The average molecular weight is 463 g/mol. The molecule has 4 aromatic heterocycles. The lowest BCUT2D eigenvalue weighted by atomic mass is 10.0. The van der Waals surface area contributed by atoms with Gasteiger partial charge in [-0.15, -0.1) is 0 Å². The minimum atomic E-state index is -0.201. The SMILES string of the molecule is O=C(NCc1cnc2ncc(Cl)cn12)c1ccnc(Cc2ccc3ncc(Cl)cc3c2)c1. The fraction of sp³-hybridized carbons (Fsp3) is 0.0870. The minimum absolute atomic E-state index is 0.201. The topological polar surface area (TPSA) is 85.1 Å². The van der Waals surface area contributed by atoms with E-state index in [1.165, 1.54) is 6.20 Å². The predicted octanol–water partition coefficient (Wildman–Crippen LogP) is 4.50. The van der Waals surface area contributed by atoms with Crippen molar-refractivity contribution in [1.29, 1.82) is 0 Å². The molecule has 0 saturated carbocycles. The van der Waals surface area contributed by atoms with E-state index < -0.39 is 0 Å². The van der Waals surface area contributed by atoms with Gasteiger partial charge in [-0.05, 0) is 35.9 Å². The highest BCUT2D eigenvalue weighted by Crippen LogP contribution is 2.20. The molecule has 5 rings (SSSR count). The van der Waals surface area contributed by atoms with Crippen LogP contribution in [-0.4, -0.2) is 30.2 Å². The quantitative estimate of drug-likeness (QED) is 0.415. The fourth-order valence-electron chi connectivity index (χ4n) is 3.49. The highest BCUT2D eigenvalue weighted by atomic mass is 35.5. The largest absolute Gasteiger partial charge is 0.346 e. The number of hydrogen-bond donors (Lipinski definition) is 1. The summed E-state index contributed by atoms with van der Waals surface area (Å²) in [6.07, 6.45) is 8.77. The Morgan fingerprint density at radius 1 is 0.938 bits per heavy atom. The van der Waals surface area contributed by atoms with Gasteiger partial charge in [0.05, 0.1) is 40.2 Å². The van der Waals surface area contributed by atoms with Crippen molar-refractivity contribution in [1.82, 2.24) is 29.7 Å². The molecule has 5 aromatic rings. The molecule has 1 amide bonds. The van der Waals surface area contributed by atoms with Crippen molar-refractivity contribution in [3.63, 3.8) is 0 Å². The maximum absolute atomic E-state index is 12.7. The minimum Gasteiger partial charge on any atom is -0.346 e. The molecule has 158 valence electrons. The second-order valence-electron chi connectivity index (χ2n) is 7.27. The number of rotatable bonds is 5. The van der Waals surface area contributed by atoms with Crippen LogP contribution in [0.2, 0.25) is 10.0 Å². The van der Waals surface area contributed by atoms with E-state index in [-0.39, 0.29) is 12.5 Å². The number of fused-ring (bicyclic) bond motifs is 2. The molecule has 0 aliphatic heterocycles. The summed E-state index contributed by atoms with van der Waals surface area (Å²) in [5.41, 5.74) is 4.04. The third-order valence-corrected chi connectivity index (χ3v) is 5.42. The van der Waals surface area contributed by atoms with Gasteiger partial charge in [-0.2, -0.15) is 0 Å². The first-order chi connectivity index (χ1) is 15.5. The lowest BCUT2D eigenvalue weighted by Gasteiger charge is -2.08. The summed E-state index contributed by atoms with van der Waals surface area (Å²) in [6, 6.07) is 11.4. The van der Waals surface area contributed by atoms with E-state index in [9.17, 15) is 4.79 Å². The number of hydrogen-bond acceptors (Lipinski definition) is 5. The molecule has 0 atom stereocenters. The molecule has 0 spiro atoms. The Labute approximate surface area is 193 Å². The Bertz CT molecular complexity index is 1470. The molecule has 0 bridgehead atoms. The highest BCUT2D eigenvalue weighted by molar-refractivity contribution is 6.31. The third kappa shape index (κ3) is 4.26. The van der Waals surface area contributed by atoms with Crippen molar-refractivity contribution in [3.05, 3.63) is 99.9 Å². The number of nitrogens with zero attached hydrogens (tertiary/aromatic N) is 5. The predicted molar refractivity (Wildman–Crippen MR) is 123 cm³/mol. The molecule has 0 unspecified atom stereocenters. The third-order valence-electron chi connectivity index (χ3n) is 5.02. The van der Waals surface area contributed by atoms with Gasteiger partial charge in [-0.1, -0.05) is 29.3 Å². The van der Waals surface area contributed by atoms with Crippen LogP contribution in [0.5, 0.6) is 0 Å². The molecule has 7 nitrogen and oxygen atoms in total. The number of carbonyl (C=O) groups is 1. The maximum atomic E-state index is 12.7. The summed E-state index contributed by atoms with van der Waals surface area (Å²) in [5, 5.41) is 4.96. The number of halogens is 2. The molecule has 0 saturated heterocycles. The molecular weight excluding hydrogens is 447 g/mol. The van der Waals surface area contributed by atoms with Crippen LogP contribution in [0.1, 0.15) is 27.3 Å². The van der Waals surface area contributed by atoms with E-state index in [0.29, 0.717) is 27.8 Å². The van der Waals surface area contributed by atoms with Crippen molar-refractivity contribution in [3.8, 4) is 0 Å². The number of benzene rings is 1. The molecule has 1 N–H and O–H groups in total. The molecule has 0 aliphatic rings. The van der Waals surface area contributed by atoms with Gasteiger partial charge in [0.25, 0.3) is 5.91 Å². The van der Waals surface area contributed by atoms with Crippen LogP contribution in [0.25, 0.3) is 16.7 Å². The molecule has 0 fully saturated rings. The van der Waals surface area contributed by atoms with Crippen LogP contribution >= 0.6 is 23.2 Å². The number of pyridine rings is 2. The van der Waals surface area contributed by atoms with Crippen LogP contribution in [0.3, 0.4) is 0 Å². The standard InChI is InChI=1S/C23H16Cl2N6O/c24-17-7-16-5-14(1-2-21(16)27-9-17)6-19-8-15(3-4-26-19)22(32)28-11-20-12-30-23-29-10-18(25)13-31(20)23/h1-5,7-10,12-13H,6,11H2,(H,28,32). The Kier molecular flexibility index (Phi) is 5.43. The summed E-state index contributed by atoms with van der Waals surface area (Å²) in [6.45, 7) is 0.290. The zero-order chi connectivity index (χ0) is 22.1. The first-order valence-corrected chi connectivity index (χ1v) is 10.6. The second-order valence-corrected chi connectivity index (χ2v) is 8.14.